The van der Waals surface area contributed by atoms with Gasteiger partial charge in [-0.25, -0.2) is 4.99 Å². The van der Waals surface area contributed by atoms with Crippen molar-refractivity contribution in [1.82, 2.24) is 0 Å². The summed E-state index contributed by atoms with van der Waals surface area (Å²) in [6, 6.07) is 21.4. The van der Waals surface area contributed by atoms with E-state index in [0.717, 1.165) is 30.1 Å². The maximum Gasteiger partial charge on any atom is 0.138 e. The average molecular weight is 371 g/mol. The summed E-state index contributed by atoms with van der Waals surface area (Å²) in [4.78, 5) is 5.13. The fraction of sp³-hybridized carbons (Fsp3) is 0.269. The Kier molecular flexibility index (Phi) is 6.30. The molecule has 0 spiro atoms. The number of para-hydroxylation sites is 2. The number of hydrogen-bond donors (Lipinski definition) is 1. The molecule has 0 bridgehead atoms. The topological polar surface area (TPSA) is 24.4 Å². The van der Waals surface area contributed by atoms with Crippen LogP contribution in [0.1, 0.15) is 47.2 Å². The fourth-order valence-electron chi connectivity index (χ4n) is 3.82. The van der Waals surface area contributed by atoms with E-state index >= 15 is 0 Å². The molecule has 2 nitrogen and oxygen atoms in total. The zero-order chi connectivity index (χ0) is 20.1. The van der Waals surface area contributed by atoms with E-state index < -0.39 is 0 Å². The van der Waals surface area contributed by atoms with Crippen LogP contribution in [0.2, 0.25) is 0 Å². The zero-order valence-corrected chi connectivity index (χ0v) is 17.6. The van der Waals surface area contributed by atoms with Gasteiger partial charge in [0.25, 0.3) is 0 Å². The molecule has 0 unspecified atom stereocenters. The molecule has 0 fully saturated rings. The number of benzene rings is 3. The maximum absolute atomic E-state index is 5.13. The quantitative estimate of drug-likeness (QED) is 0.382. The highest BCUT2D eigenvalue weighted by Crippen LogP contribution is 2.26. The normalized spacial score (nSPS) is 11.5. The lowest BCUT2D eigenvalue weighted by molar-refractivity contribution is 1.13. The molecule has 0 radical (unpaired) electrons. The van der Waals surface area contributed by atoms with E-state index in [-0.39, 0.29) is 0 Å². The van der Waals surface area contributed by atoms with E-state index in [1.165, 1.54) is 33.4 Å². The van der Waals surface area contributed by atoms with Gasteiger partial charge in [-0.05, 0) is 68.0 Å². The van der Waals surface area contributed by atoms with Gasteiger partial charge in [0.1, 0.15) is 5.84 Å². The van der Waals surface area contributed by atoms with E-state index in [2.05, 4.69) is 101 Å². The third kappa shape index (κ3) is 4.33. The average Bonchev–Trinajstić information content (AvgIpc) is 2.68. The molecule has 0 saturated heterocycles. The number of nitrogens with one attached hydrogen (secondary N) is 1. The fourth-order valence-corrected chi connectivity index (χ4v) is 3.82. The predicted octanol–water partition coefficient (Wildman–Crippen LogP) is 6.93. The van der Waals surface area contributed by atoms with Crippen LogP contribution < -0.4 is 5.32 Å². The number of aliphatic imine (C=N–C) groups is 1. The predicted molar refractivity (Wildman–Crippen MR) is 122 cm³/mol. The molecule has 0 aromatic heterocycles. The number of anilines is 1. The zero-order valence-electron chi connectivity index (χ0n) is 17.6. The number of rotatable bonds is 5. The Morgan fingerprint density at radius 2 is 1.36 bits per heavy atom. The van der Waals surface area contributed by atoms with Gasteiger partial charge in [-0.15, -0.1) is 0 Å². The van der Waals surface area contributed by atoms with Crippen LogP contribution in [0.15, 0.2) is 65.7 Å². The lowest BCUT2D eigenvalue weighted by atomic mass is 9.98. The molecule has 1 N–H and O–H groups in total. The largest absolute Gasteiger partial charge is 0.339 e. The minimum absolute atomic E-state index is 0.914. The van der Waals surface area contributed by atoms with Crippen molar-refractivity contribution in [2.45, 2.75) is 47.5 Å². The monoisotopic (exact) mass is 370 g/mol. The second-order valence-electron chi connectivity index (χ2n) is 7.35. The Morgan fingerprint density at radius 3 is 2.00 bits per heavy atom. The number of hydrogen-bond acceptors (Lipinski definition) is 1. The van der Waals surface area contributed by atoms with Crippen LogP contribution in [0.25, 0.3) is 0 Å². The first-order valence-electron chi connectivity index (χ1n) is 10.1. The third-order valence-corrected chi connectivity index (χ3v) is 5.17. The van der Waals surface area contributed by atoms with Crippen LogP contribution in [0.3, 0.4) is 0 Å². The lowest BCUT2D eigenvalue weighted by Gasteiger charge is -2.18. The van der Waals surface area contributed by atoms with Crippen molar-refractivity contribution in [2.75, 3.05) is 5.32 Å². The van der Waals surface area contributed by atoms with Gasteiger partial charge >= 0.3 is 0 Å². The van der Waals surface area contributed by atoms with Crippen molar-refractivity contribution >= 4 is 17.2 Å². The van der Waals surface area contributed by atoms with Crippen molar-refractivity contribution in [1.29, 1.82) is 0 Å². The van der Waals surface area contributed by atoms with Crippen LogP contribution in [0.5, 0.6) is 0 Å². The molecule has 0 atom stereocenters. The minimum Gasteiger partial charge on any atom is -0.339 e. The van der Waals surface area contributed by atoms with Crippen molar-refractivity contribution in [3.63, 3.8) is 0 Å². The van der Waals surface area contributed by atoms with E-state index in [9.17, 15) is 0 Å². The summed E-state index contributed by atoms with van der Waals surface area (Å²) in [6.45, 7) is 10.9. The van der Waals surface area contributed by atoms with Gasteiger partial charge in [0, 0.05) is 11.3 Å². The molecular weight excluding hydrogens is 340 g/mol. The highest BCUT2D eigenvalue weighted by Gasteiger charge is 2.14. The van der Waals surface area contributed by atoms with E-state index in [1.807, 2.05) is 0 Å². The Morgan fingerprint density at radius 1 is 0.786 bits per heavy atom. The molecule has 0 aliphatic heterocycles. The van der Waals surface area contributed by atoms with Gasteiger partial charge in [0.2, 0.25) is 0 Å². The van der Waals surface area contributed by atoms with Crippen LogP contribution in [-0.4, -0.2) is 5.84 Å². The van der Waals surface area contributed by atoms with Gasteiger partial charge in [-0.2, -0.15) is 0 Å². The van der Waals surface area contributed by atoms with Crippen LogP contribution in [0, 0.1) is 20.8 Å². The Labute approximate surface area is 169 Å². The standard InChI is InChI=1S/C26H30N2/c1-6-21-12-8-10-14-23(21)27-26(25-19(4)16-18(3)17-20(25)5)28-24-15-11-9-13-22(24)7-2/h8-17H,6-7H2,1-5H3,(H,27,28). The number of nitrogens with zero attached hydrogens (tertiary/aromatic N) is 1. The first-order chi connectivity index (χ1) is 13.5. The van der Waals surface area contributed by atoms with Crippen molar-refractivity contribution < 1.29 is 0 Å². The van der Waals surface area contributed by atoms with Gasteiger partial charge in [0.05, 0.1) is 5.69 Å². The molecule has 28 heavy (non-hydrogen) atoms. The maximum atomic E-state index is 5.13. The van der Waals surface area contributed by atoms with Crippen LogP contribution in [0.4, 0.5) is 11.4 Å². The molecule has 3 aromatic rings. The Bertz CT molecular complexity index is 976. The van der Waals surface area contributed by atoms with E-state index in [0.29, 0.717) is 0 Å². The Hall–Kier alpha value is -2.87. The highest BCUT2D eigenvalue weighted by atomic mass is 15.0. The van der Waals surface area contributed by atoms with Crippen molar-refractivity contribution in [3.8, 4) is 0 Å². The second kappa shape index (κ2) is 8.88. The summed E-state index contributed by atoms with van der Waals surface area (Å²) < 4.78 is 0. The molecule has 0 heterocycles. The van der Waals surface area contributed by atoms with E-state index in [4.69, 9.17) is 4.99 Å². The molecule has 3 aromatic carbocycles. The molecule has 0 aliphatic rings. The number of aryl methyl sites for hydroxylation is 5. The summed E-state index contributed by atoms with van der Waals surface area (Å²) in [7, 11) is 0. The van der Waals surface area contributed by atoms with Gasteiger partial charge < -0.3 is 5.32 Å². The van der Waals surface area contributed by atoms with Gasteiger partial charge in [0.15, 0.2) is 0 Å². The molecule has 144 valence electrons. The van der Waals surface area contributed by atoms with Gasteiger partial charge in [-0.3, -0.25) is 0 Å². The summed E-state index contributed by atoms with van der Waals surface area (Å²) in [6.07, 6.45) is 1.94. The molecule has 3 rings (SSSR count). The summed E-state index contributed by atoms with van der Waals surface area (Å²) in [5, 5.41) is 3.67. The molecule has 0 saturated carbocycles. The summed E-state index contributed by atoms with van der Waals surface area (Å²) in [5.41, 5.74) is 9.65. The van der Waals surface area contributed by atoms with Crippen molar-refractivity contribution in [3.05, 3.63) is 94.0 Å². The van der Waals surface area contributed by atoms with Crippen molar-refractivity contribution in [2.24, 2.45) is 4.99 Å². The number of amidine groups is 1. The first kappa shape index (κ1) is 19.9. The smallest absolute Gasteiger partial charge is 0.138 e. The minimum atomic E-state index is 0.914. The molecule has 0 aliphatic carbocycles. The third-order valence-electron chi connectivity index (χ3n) is 5.17. The molecule has 0 amide bonds. The van der Waals surface area contributed by atoms with Gasteiger partial charge in [-0.1, -0.05) is 67.9 Å². The first-order valence-corrected chi connectivity index (χ1v) is 10.1. The molecule has 2 heteroatoms. The Balaban J connectivity index is 2.18. The molecular formula is C26H30N2. The summed E-state index contributed by atoms with van der Waals surface area (Å²) >= 11 is 0. The second-order valence-corrected chi connectivity index (χ2v) is 7.35. The lowest BCUT2D eigenvalue weighted by Crippen LogP contribution is -2.18. The SMILES string of the molecule is CCc1ccccc1N=C(Nc1ccccc1CC)c1c(C)cc(C)cc1C. The highest BCUT2D eigenvalue weighted by molar-refractivity contribution is 6.11. The summed E-state index contributed by atoms with van der Waals surface area (Å²) in [5.74, 6) is 0.914. The van der Waals surface area contributed by atoms with Crippen LogP contribution >= 0.6 is 0 Å². The van der Waals surface area contributed by atoms with Crippen LogP contribution in [-0.2, 0) is 12.8 Å². The van der Waals surface area contributed by atoms with E-state index in [1.54, 1.807) is 0 Å².